The molecule has 1 heterocycles. The minimum Gasteiger partial charge on any atom is -0.315 e. The molecule has 0 saturated heterocycles. The Kier molecular flexibility index (Phi) is 2.98. The summed E-state index contributed by atoms with van der Waals surface area (Å²) in [5, 5.41) is 0. The van der Waals surface area contributed by atoms with Crippen LogP contribution in [0.4, 0.5) is 13.2 Å². The first-order valence-electron chi connectivity index (χ1n) is 5.24. The van der Waals surface area contributed by atoms with E-state index in [1.54, 1.807) is 19.9 Å². The van der Waals surface area contributed by atoms with Gasteiger partial charge >= 0.3 is 0 Å². The molecule has 0 atom stereocenters. The average molecular weight is 253 g/mol. The van der Waals surface area contributed by atoms with Crippen LogP contribution in [0, 0.1) is 31.3 Å². The molecule has 0 spiro atoms. The van der Waals surface area contributed by atoms with E-state index in [1.807, 2.05) is 0 Å². The monoisotopic (exact) mass is 253 g/mol. The highest BCUT2D eigenvalue weighted by Crippen LogP contribution is 2.23. The van der Waals surface area contributed by atoms with Crippen molar-refractivity contribution in [2.75, 3.05) is 0 Å². The first-order valence-corrected chi connectivity index (χ1v) is 5.24. The minimum atomic E-state index is -1.24. The maximum Gasteiger partial charge on any atom is 0.161 e. The van der Waals surface area contributed by atoms with Crippen molar-refractivity contribution in [2.45, 2.75) is 13.8 Å². The summed E-state index contributed by atoms with van der Waals surface area (Å²) in [6, 6.07) is 2.83. The molecule has 0 aliphatic rings. The number of aryl methyl sites for hydroxylation is 1. The Balaban J connectivity index is 2.73. The first kappa shape index (κ1) is 12.4. The van der Waals surface area contributed by atoms with Crippen LogP contribution >= 0.6 is 0 Å². The quantitative estimate of drug-likeness (QED) is 0.594. The van der Waals surface area contributed by atoms with Crippen molar-refractivity contribution in [1.82, 2.24) is 4.57 Å². The molecule has 1 aromatic carbocycles. The summed E-state index contributed by atoms with van der Waals surface area (Å²) in [6.45, 7) is 3.26. The van der Waals surface area contributed by atoms with Crippen molar-refractivity contribution in [2.24, 2.45) is 0 Å². The van der Waals surface area contributed by atoms with E-state index < -0.39 is 17.5 Å². The number of carbonyl (C=O) groups excluding carboxylic acids is 1. The van der Waals surface area contributed by atoms with Gasteiger partial charge in [-0.1, -0.05) is 0 Å². The van der Waals surface area contributed by atoms with Gasteiger partial charge < -0.3 is 4.57 Å². The van der Waals surface area contributed by atoms with Crippen molar-refractivity contribution in [1.29, 1.82) is 0 Å². The minimum absolute atomic E-state index is 0.114. The molecule has 18 heavy (non-hydrogen) atoms. The van der Waals surface area contributed by atoms with Crippen LogP contribution in [-0.2, 0) is 0 Å². The zero-order valence-corrected chi connectivity index (χ0v) is 9.80. The molecule has 94 valence electrons. The second-order valence-electron chi connectivity index (χ2n) is 4.00. The molecule has 2 nitrogen and oxygen atoms in total. The summed E-state index contributed by atoms with van der Waals surface area (Å²) in [5.41, 5.74) is 1.32. The maximum atomic E-state index is 13.7. The van der Waals surface area contributed by atoms with Gasteiger partial charge in [0.05, 0.1) is 5.69 Å². The normalized spacial score (nSPS) is 10.7. The molecule has 0 unspecified atom stereocenters. The highest BCUT2D eigenvalue weighted by atomic mass is 19.2. The van der Waals surface area contributed by atoms with Gasteiger partial charge in [-0.15, -0.1) is 0 Å². The van der Waals surface area contributed by atoms with Gasteiger partial charge in [-0.2, -0.15) is 0 Å². The Morgan fingerprint density at radius 1 is 1.00 bits per heavy atom. The lowest BCUT2D eigenvalue weighted by atomic mass is 10.2. The van der Waals surface area contributed by atoms with Crippen molar-refractivity contribution < 1.29 is 18.0 Å². The fourth-order valence-corrected chi connectivity index (χ4v) is 1.96. The fraction of sp³-hybridized carbons (Fsp3) is 0.154. The summed E-state index contributed by atoms with van der Waals surface area (Å²) in [7, 11) is 0. The fourth-order valence-electron chi connectivity index (χ4n) is 1.96. The van der Waals surface area contributed by atoms with Crippen molar-refractivity contribution >= 4 is 6.29 Å². The molecule has 0 aliphatic heterocycles. The van der Waals surface area contributed by atoms with Gasteiger partial charge in [-0.05, 0) is 19.9 Å². The van der Waals surface area contributed by atoms with Crippen LogP contribution in [0.2, 0.25) is 0 Å². The van der Waals surface area contributed by atoms with Crippen molar-refractivity contribution in [3.05, 3.63) is 52.6 Å². The zero-order chi connectivity index (χ0) is 13.4. The van der Waals surface area contributed by atoms with Gasteiger partial charge in [0.25, 0.3) is 0 Å². The second kappa shape index (κ2) is 4.33. The Hall–Kier alpha value is -2.04. The van der Waals surface area contributed by atoms with Crippen LogP contribution in [0.5, 0.6) is 0 Å². The maximum absolute atomic E-state index is 13.7. The summed E-state index contributed by atoms with van der Waals surface area (Å²) >= 11 is 0. The van der Waals surface area contributed by atoms with Crippen molar-refractivity contribution in [3.8, 4) is 5.69 Å². The molecule has 0 radical (unpaired) electrons. The van der Waals surface area contributed by atoms with Crippen LogP contribution in [0.25, 0.3) is 5.69 Å². The third-order valence-corrected chi connectivity index (χ3v) is 2.83. The molecule has 0 saturated carbocycles. The summed E-state index contributed by atoms with van der Waals surface area (Å²) < 4.78 is 41.1. The number of aromatic nitrogens is 1. The lowest BCUT2D eigenvalue weighted by Crippen LogP contribution is -2.04. The van der Waals surface area contributed by atoms with Crippen LogP contribution < -0.4 is 0 Å². The number of halogens is 3. The Labute approximate surface area is 102 Å². The predicted octanol–water partition coefficient (Wildman–Crippen LogP) is 3.32. The molecular weight excluding hydrogens is 243 g/mol. The molecule has 0 fully saturated rings. The number of hydrogen-bond donors (Lipinski definition) is 0. The van der Waals surface area contributed by atoms with Gasteiger partial charge in [0.2, 0.25) is 0 Å². The Bertz CT molecular complexity index is 632. The van der Waals surface area contributed by atoms with Gasteiger partial charge in [-0.25, -0.2) is 13.2 Å². The average Bonchev–Trinajstić information content (AvgIpc) is 2.59. The standard InChI is InChI=1S/C13H10F3NO/c1-7-3-9(6-18)8(2)17(7)13-5-11(15)10(14)4-12(13)16/h3-6H,1-2H3. The largest absolute Gasteiger partial charge is 0.315 e. The molecule has 0 amide bonds. The van der Waals surface area contributed by atoms with Crippen LogP contribution in [0.3, 0.4) is 0 Å². The summed E-state index contributed by atoms with van der Waals surface area (Å²) in [4.78, 5) is 10.8. The molecule has 1 aromatic heterocycles. The van der Waals surface area contributed by atoms with E-state index in [2.05, 4.69) is 0 Å². The third kappa shape index (κ3) is 1.81. The van der Waals surface area contributed by atoms with Gasteiger partial charge in [0.15, 0.2) is 17.9 Å². The van der Waals surface area contributed by atoms with Gasteiger partial charge in [0, 0.05) is 29.1 Å². The predicted molar refractivity (Wildman–Crippen MR) is 60.5 cm³/mol. The molecule has 0 bridgehead atoms. The summed E-state index contributed by atoms with van der Waals surface area (Å²) in [5.74, 6) is -3.26. The van der Waals surface area contributed by atoms with Crippen LogP contribution in [0.15, 0.2) is 18.2 Å². The van der Waals surface area contributed by atoms with Crippen LogP contribution in [0.1, 0.15) is 21.7 Å². The van der Waals surface area contributed by atoms with Crippen molar-refractivity contribution in [3.63, 3.8) is 0 Å². The number of benzene rings is 1. The third-order valence-electron chi connectivity index (χ3n) is 2.83. The lowest BCUT2D eigenvalue weighted by molar-refractivity contribution is 0.112. The highest BCUT2D eigenvalue weighted by molar-refractivity contribution is 5.77. The van der Waals surface area contributed by atoms with E-state index in [-0.39, 0.29) is 5.69 Å². The lowest BCUT2D eigenvalue weighted by Gasteiger charge is -2.11. The first-order chi connectivity index (χ1) is 8.45. The summed E-state index contributed by atoms with van der Waals surface area (Å²) in [6.07, 6.45) is 0.636. The van der Waals surface area contributed by atoms with E-state index in [4.69, 9.17) is 0 Å². The molecule has 0 N–H and O–H groups in total. The Morgan fingerprint density at radius 2 is 1.61 bits per heavy atom. The number of aldehydes is 1. The molecule has 2 rings (SSSR count). The SMILES string of the molecule is Cc1cc(C=O)c(C)n1-c1cc(F)c(F)cc1F. The molecule has 5 heteroatoms. The zero-order valence-electron chi connectivity index (χ0n) is 9.80. The second-order valence-corrected chi connectivity index (χ2v) is 4.00. The number of nitrogens with zero attached hydrogens (tertiary/aromatic N) is 1. The number of rotatable bonds is 2. The molecule has 0 aliphatic carbocycles. The van der Waals surface area contributed by atoms with Gasteiger partial charge in [-0.3, -0.25) is 4.79 Å². The number of hydrogen-bond acceptors (Lipinski definition) is 1. The van der Waals surface area contributed by atoms with Gasteiger partial charge in [0.1, 0.15) is 5.82 Å². The van der Waals surface area contributed by atoms with E-state index in [9.17, 15) is 18.0 Å². The van der Waals surface area contributed by atoms with Crippen LogP contribution in [-0.4, -0.2) is 10.9 Å². The molecule has 2 aromatic rings. The Morgan fingerprint density at radius 3 is 2.17 bits per heavy atom. The van der Waals surface area contributed by atoms with E-state index in [0.717, 1.165) is 6.07 Å². The number of carbonyl (C=O) groups is 1. The highest BCUT2D eigenvalue weighted by Gasteiger charge is 2.16. The smallest absolute Gasteiger partial charge is 0.161 e. The van der Waals surface area contributed by atoms with E-state index >= 15 is 0 Å². The van der Waals surface area contributed by atoms with E-state index in [1.165, 1.54) is 4.57 Å². The van der Waals surface area contributed by atoms with E-state index in [0.29, 0.717) is 29.3 Å². The molecular formula is C13H10F3NO. The topological polar surface area (TPSA) is 22.0 Å².